The van der Waals surface area contributed by atoms with Gasteiger partial charge in [-0.1, -0.05) is 48.6 Å². The van der Waals surface area contributed by atoms with Gasteiger partial charge in [0.05, 0.1) is 75.7 Å². The second-order valence-corrected chi connectivity index (χ2v) is 17.6. The van der Waals surface area contributed by atoms with Crippen molar-refractivity contribution in [2.24, 2.45) is 0 Å². The smallest absolute Gasteiger partial charge is 0.161 e. The zero-order valence-corrected chi connectivity index (χ0v) is 77.4. The van der Waals surface area contributed by atoms with Crippen LogP contribution in [0.5, 0.6) is 23.0 Å². The molecule has 2 aliphatic carbocycles. The van der Waals surface area contributed by atoms with Crippen LogP contribution in [0.3, 0.4) is 0 Å². The van der Waals surface area contributed by atoms with Gasteiger partial charge >= 0.3 is 0 Å². The normalized spacial score (nSPS) is 12.8. The van der Waals surface area contributed by atoms with E-state index in [4.69, 9.17) is 18.9 Å². The average Bonchev–Trinajstić information content (AvgIpc) is 1.69. The zero-order chi connectivity index (χ0) is 60.5. The Morgan fingerprint density at radius 2 is 0.376 bits per heavy atom. The van der Waals surface area contributed by atoms with E-state index in [1.165, 1.54) is 0 Å². The Morgan fingerprint density at radius 1 is 0.228 bits per heavy atom. The molecule has 7 radical (unpaired) electrons. The van der Waals surface area contributed by atoms with Gasteiger partial charge in [0.25, 0.3) is 0 Å². The molecule has 0 bridgehead atoms. The molecule has 23 nitrogen and oxygen atoms in total. The van der Waals surface area contributed by atoms with Gasteiger partial charge in [0, 0.05) is 251 Å². The second-order valence-electron chi connectivity index (χ2n) is 17.6. The van der Waals surface area contributed by atoms with E-state index in [9.17, 15) is 57.5 Å². The number of imide groups is 4. The first-order chi connectivity index (χ1) is 40.5. The number of fused-ring (bicyclic) bond motifs is 6. The Labute approximate surface area is 767 Å². The molecular weight excluding hydrogens is 1830 g/mol. The fraction of sp³-hybridized carbons (Fsp3) is 0.0563. The number of benzene rings is 6. The number of amides is 8. The van der Waals surface area contributed by atoms with E-state index in [0.29, 0.717) is 57.8 Å². The molecule has 521 valence electrons. The third kappa shape index (κ3) is 34.7. The number of nitrogens with two attached hydrogens (primary N) is 3. The Morgan fingerprint density at radius 3 is 0.535 bits per heavy atom. The van der Waals surface area contributed by atoms with E-state index >= 15 is 0 Å². The molecule has 6 N–H and O–H groups in total. The maximum Gasteiger partial charge on any atom is 0.161 e. The maximum atomic E-state index is 11.3. The third-order valence-electron chi connectivity index (χ3n) is 12.3. The van der Waals surface area contributed by atoms with Gasteiger partial charge in [-0.3, -0.25) is 19.2 Å². The van der Waals surface area contributed by atoms with Crippen molar-refractivity contribution in [3.63, 3.8) is 0 Å². The largest absolute Gasteiger partial charge is 0.693 e. The van der Waals surface area contributed by atoms with E-state index in [2.05, 4.69) is 57.7 Å². The molecule has 101 heavy (non-hydrogen) atoms. The number of hydrogen-bond donors (Lipinski definition) is 0. The van der Waals surface area contributed by atoms with Crippen molar-refractivity contribution in [2.75, 3.05) is 28.4 Å². The van der Waals surface area contributed by atoms with Crippen LogP contribution in [0, 0.1) is 52.0 Å². The minimum atomic E-state index is -0.454. The van der Waals surface area contributed by atoms with Crippen LogP contribution in [-0.2, 0) is 267 Å². The quantitative estimate of drug-likeness (QED) is 0.0774. The summed E-state index contributed by atoms with van der Waals surface area (Å²) < 4.78 is 21.6. The Bertz CT molecular complexity index is 3700. The fourth-order valence-electron chi connectivity index (χ4n) is 8.25. The molecule has 0 aromatic heterocycles. The van der Waals surface area contributed by atoms with Crippen molar-refractivity contribution in [3.05, 3.63) is 280 Å². The van der Waals surface area contributed by atoms with Crippen LogP contribution in [0.2, 0.25) is 0 Å². The Hall–Kier alpha value is -4.19. The van der Waals surface area contributed by atoms with Gasteiger partial charge in [-0.15, -0.1) is 0 Å². The summed E-state index contributed by atoms with van der Waals surface area (Å²) in [5.74, 6) is -0.930. The van der Waals surface area contributed by atoms with E-state index < -0.39 is 47.3 Å². The number of nitrogens with zero attached hydrogens (tertiary/aromatic N) is 4. The summed E-state index contributed by atoms with van der Waals surface area (Å²) in [6, 6.07) is 23.1. The Balaban J connectivity index is -0.000000116. The van der Waals surface area contributed by atoms with Gasteiger partial charge in [0.1, 0.15) is 0 Å². The minimum absolute atomic E-state index is 0. The molecule has 8 amide bonds. The second kappa shape index (κ2) is 60.0. The monoisotopic (exact) mass is 1900 g/mol. The molecule has 0 spiro atoms. The molecule has 6 aromatic rings. The van der Waals surface area contributed by atoms with E-state index in [1.807, 2.05) is 60.7 Å². The van der Waals surface area contributed by atoms with Crippen molar-refractivity contribution in [1.82, 2.24) is 0 Å². The number of methoxy groups -OCH3 is 4. The first-order valence-electron chi connectivity index (χ1n) is 24.7. The molecule has 0 saturated carbocycles. The number of hydrogen-bond acceptors (Lipinski definition) is 16. The molecule has 6 aromatic carbocycles. The van der Waals surface area contributed by atoms with Crippen molar-refractivity contribution < 1.29 is 305 Å². The van der Waals surface area contributed by atoms with Gasteiger partial charge in [-0.2, -0.15) is 0 Å². The molecule has 12 rings (SSSR count). The number of rotatable bonds is 8. The summed E-state index contributed by atoms with van der Waals surface area (Å²) in [5.41, 5.74) is 9.54. The predicted molar refractivity (Wildman–Crippen MR) is 375 cm³/mol. The van der Waals surface area contributed by atoms with Crippen molar-refractivity contribution >= 4 is 143 Å². The number of carbonyl (C=O) groups excluding carboxylic acids is 12. The number of carbonyl (C=O) groups is 12. The third-order valence-corrected chi connectivity index (χ3v) is 12.3. The SMILES string of the molecule is COc1cc2c(cc1OC)/C=C\c1cc(C=O)c(C=O)cc1/C=C\2.COc1cc2cc3c(cc2cc1OC)/C=C\c1cc2cc(C=O)c(C=O)cc2cc1/C=C\3.O=C1C=CC(=O)[N-]1.O=C1C=CC(=O)[N-]1.O=C1C=CC(=O)[N-]1.O=C1C=CC(=O)[N-]1.[CH3-].[CH3-].[CH3-].[CH3-].[CH3-].[CH3-].[CH3-].[NH2-].[NH2-].[NH2-].[Y].[Y].[Y].[Y].[Y].[Y].[Y]. The number of ether oxygens (including phenoxy) is 4. The van der Waals surface area contributed by atoms with Crippen LogP contribution in [0.25, 0.3) is 110 Å². The summed E-state index contributed by atoms with van der Waals surface area (Å²) >= 11 is 0. The molecule has 6 aliphatic rings. The molecule has 30 heteroatoms. The summed E-state index contributed by atoms with van der Waals surface area (Å²) in [7, 11) is 6.46. The van der Waals surface area contributed by atoms with Gasteiger partial charge in [-0.05, 0) is 187 Å². The van der Waals surface area contributed by atoms with Crippen LogP contribution in [-0.4, -0.2) is 101 Å². The molecule has 0 atom stereocenters. The standard InChI is InChI=1S/C28H20O4.C20H16O4.4C4H3NO2.7CH3.3H2N.7Y/c1-31-27-13-23-9-19-5-3-17-7-21-11-25(15-29)26(16-30)12-22(21)8-18(17)4-6-20(19)10-24(23)14-28(27)32-2;1-23-19-9-15-5-3-13-7-17(11-21)18(12-22)8-14(13)4-6-16(15)10-20(19)24-2;4*6-3-1-2-4(7)5-3;;;;;;;;;;;;;;;;;/h3-16H,1-2H3;3-12H,1-2H3;4*1-2H,(H,5,6,7);7*1H3;3*1H2;;;;;;;/q;;;;;;10*-1;;;;;;;/p-4/b5-3-,6-4-,17-3?,18-4?,19-5?,20-6?;5-3-,6-4-,13-3?,14-4?,15-5?,16-6?;;;;;;;;;;;;;;;;;;;;;. The minimum Gasteiger partial charge on any atom is -0.693 e. The topological polar surface area (TPSA) is 399 Å². The van der Waals surface area contributed by atoms with Crippen molar-refractivity contribution in [2.45, 2.75) is 0 Å². The average molecular weight is 1900 g/mol. The summed E-state index contributed by atoms with van der Waals surface area (Å²) in [6.45, 7) is 0. The van der Waals surface area contributed by atoms with Crippen LogP contribution >= 0.6 is 0 Å². The van der Waals surface area contributed by atoms with Gasteiger partial charge in [0.15, 0.2) is 48.1 Å². The van der Waals surface area contributed by atoms with Crippen LogP contribution in [0.1, 0.15) is 85.9 Å². The first-order valence-corrected chi connectivity index (χ1v) is 24.7. The van der Waals surface area contributed by atoms with Crippen LogP contribution < -0.4 is 18.9 Å². The first kappa shape index (κ1) is 121. The van der Waals surface area contributed by atoms with Crippen molar-refractivity contribution in [1.29, 1.82) is 0 Å². The molecule has 4 aliphatic heterocycles. The molecule has 0 saturated heterocycles. The zero-order valence-electron chi connectivity index (χ0n) is 57.6. The Kier molecular flexibility index (Phi) is 71.7. The molecule has 0 unspecified atom stereocenters. The van der Waals surface area contributed by atoms with Crippen molar-refractivity contribution in [3.8, 4) is 23.0 Å². The summed E-state index contributed by atoms with van der Waals surface area (Å²) in [4.78, 5) is 125. The predicted octanol–water partition coefficient (Wildman–Crippen LogP) is 15.5. The van der Waals surface area contributed by atoms with E-state index in [1.54, 1.807) is 52.7 Å². The van der Waals surface area contributed by atoms with E-state index in [0.717, 1.165) is 127 Å². The van der Waals surface area contributed by atoms with Gasteiger partial charge in [-0.25, -0.2) is 0 Å². The number of aldehydes is 4. The molecular formula is C71H71N7O16Y7-14. The molecule has 0 fully saturated rings. The maximum absolute atomic E-state index is 11.3. The van der Waals surface area contributed by atoms with Crippen LogP contribution in [0.15, 0.2) is 121 Å². The van der Waals surface area contributed by atoms with E-state index in [-0.39, 0.29) is 299 Å². The summed E-state index contributed by atoms with van der Waals surface area (Å²) in [5, 5.41) is 16.0. The fourth-order valence-corrected chi connectivity index (χ4v) is 8.25. The summed E-state index contributed by atoms with van der Waals surface area (Å²) in [6.07, 6.45) is 28.1. The van der Waals surface area contributed by atoms with Gasteiger partial charge in [0.2, 0.25) is 0 Å². The van der Waals surface area contributed by atoms with Gasteiger partial charge < -0.3 is 149 Å². The molecule has 4 heterocycles. The van der Waals surface area contributed by atoms with Crippen LogP contribution in [0.4, 0.5) is 0 Å².